The van der Waals surface area contributed by atoms with Gasteiger partial charge in [0.05, 0.1) is 43.9 Å². The molecule has 11 rings (SSSR count). The molecule has 7 aromatic carbocycles. The summed E-state index contributed by atoms with van der Waals surface area (Å²) in [6.07, 6.45) is -2.01. The van der Waals surface area contributed by atoms with Crippen LogP contribution in [0, 0.1) is 17.5 Å². The summed E-state index contributed by atoms with van der Waals surface area (Å²) >= 11 is 9.34. The summed E-state index contributed by atoms with van der Waals surface area (Å²) in [5.41, 5.74) is -1.92. The van der Waals surface area contributed by atoms with Gasteiger partial charge in [-0.15, -0.1) is 0 Å². The van der Waals surface area contributed by atoms with E-state index in [1.807, 2.05) is 42.3 Å². The van der Waals surface area contributed by atoms with Crippen LogP contribution < -0.4 is 20.4 Å². The Morgan fingerprint density at radius 1 is 0.737 bits per heavy atom. The highest BCUT2D eigenvalue weighted by Gasteiger charge is 2.55. The number of imidazole rings is 2. The van der Waals surface area contributed by atoms with Crippen molar-refractivity contribution in [3.63, 3.8) is 0 Å². The molecule has 2 aliphatic rings. The first kappa shape index (κ1) is 50.9. The van der Waals surface area contributed by atoms with Crippen LogP contribution in [0.15, 0.2) is 150 Å². The van der Waals surface area contributed by atoms with E-state index in [0.717, 1.165) is 34.0 Å². The summed E-state index contributed by atoms with van der Waals surface area (Å²) in [6, 6.07) is 38.0. The number of carbonyl (C=O) groups excluding carboxylic acids is 3. The number of aromatic nitrogens is 4. The maximum Gasteiger partial charge on any atom is 0.414 e. The molecule has 4 heterocycles. The number of aromatic amines is 2. The van der Waals surface area contributed by atoms with Gasteiger partial charge in [-0.2, -0.15) is 0 Å². The number of likely N-dealkylation sites (N-methyl/N-ethyl adjacent to an activating group) is 1. The minimum absolute atomic E-state index is 0.0390. The minimum Gasteiger partial charge on any atom is -0.465 e. The average molecular weight is 1120 g/mol. The Kier molecular flexibility index (Phi) is 13.6. The second-order valence-corrected chi connectivity index (χ2v) is 18.9. The number of nitrogens with zero attached hydrogens (tertiary/aromatic N) is 5. The fraction of sp³-hybridized carbons (Fsp3) is 0.111. The van der Waals surface area contributed by atoms with Crippen molar-refractivity contribution in [2.45, 2.75) is 18.0 Å². The molecule has 2 aliphatic heterocycles. The average Bonchev–Trinajstić information content (AvgIpc) is 4.15. The van der Waals surface area contributed by atoms with Gasteiger partial charge in [-0.05, 0) is 85.4 Å². The monoisotopic (exact) mass is 1110 g/mol. The number of hydrogen-bond donors (Lipinski definition) is 7. The van der Waals surface area contributed by atoms with Gasteiger partial charge in [0.2, 0.25) is 17.6 Å². The summed E-state index contributed by atoms with van der Waals surface area (Å²) in [7, 11) is 1.94. The van der Waals surface area contributed by atoms with Crippen molar-refractivity contribution in [1.29, 1.82) is 0 Å². The van der Waals surface area contributed by atoms with Crippen LogP contribution in [0.25, 0.3) is 22.1 Å². The molecule has 0 aliphatic carbocycles. The summed E-state index contributed by atoms with van der Waals surface area (Å²) < 4.78 is 50.9. The molecule has 2 atom stereocenters. The van der Waals surface area contributed by atoms with Gasteiger partial charge in [-0.25, -0.2) is 32.7 Å². The maximum absolute atomic E-state index is 15.2. The zero-order chi connectivity index (χ0) is 53.6. The normalized spacial score (nSPS) is 16.7. The highest BCUT2D eigenvalue weighted by molar-refractivity contribution is 9.10. The van der Waals surface area contributed by atoms with Crippen LogP contribution in [0.3, 0.4) is 0 Å². The van der Waals surface area contributed by atoms with Crippen molar-refractivity contribution in [2.75, 3.05) is 40.6 Å². The van der Waals surface area contributed by atoms with Crippen molar-refractivity contribution in [2.24, 2.45) is 0 Å². The Bertz CT molecular complexity index is 3790. The van der Waals surface area contributed by atoms with E-state index in [0.29, 0.717) is 33.1 Å². The molecule has 2 unspecified atom stereocenters. The van der Waals surface area contributed by atoms with Gasteiger partial charge in [-0.3, -0.25) is 34.9 Å². The van der Waals surface area contributed by atoms with Gasteiger partial charge in [0.15, 0.2) is 11.5 Å². The van der Waals surface area contributed by atoms with Crippen LogP contribution in [-0.4, -0.2) is 84.4 Å². The lowest BCUT2D eigenvalue weighted by molar-refractivity contribution is 0.0680. The smallest absolute Gasteiger partial charge is 0.414 e. The molecule has 0 saturated heterocycles. The molecule has 76 heavy (non-hydrogen) atoms. The Morgan fingerprint density at radius 2 is 1.37 bits per heavy atom. The largest absolute Gasteiger partial charge is 0.465 e. The van der Waals surface area contributed by atoms with Crippen molar-refractivity contribution < 1.29 is 52.4 Å². The first-order valence-corrected chi connectivity index (χ1v) is 24.2. The van der Waals surface area contributed by atoms with Gasteiger partial charge < -0.3 is 30.0 Å². The van der Waals surface area contributed by atoms with Gasteiger partial charge in [0.1, 0.15) is 18.2 Å². The molecule has 7 N–H and O–H groups in total. The van der Waals surface area contributed by atoms with Crippen LogP contribution in [0.2, 0.25) is 5.02 Å². The molecule has 22 heteroatoms. The molecule has 9 aromatic rings. The molecule has 384 valence electrons. The van der Waals surface area contributed by atoms with Crippen molar-refractivity contribution >= 4 is 96.9 Å². The molecule has 2 aromatic heterocycles. The number of anilines is 4. The third kappa shape index (κ3) is 9.23. The number of hydrogen-bond acceptors (Lipinski definition) is 10. The number of fused-ring (bicyclic) bond motifs is 4. The van der Waals surface area contributed by atoms with Crippen molar-refractivity contribution in [3.05, 3.63) is 211 Å². The van der Waals surface area contributed by atoms with Crippen molar-refractivity contribution in [3.8, 4) is 0 Å². The predicted octanol–water partition coefficient (Wildman–Crippen LogP) is 10.4. The summed E-state index contributed by atoms with van der Waals surface area (Å²) in [5, 5.41) is 37.6. The van der Waals surface area contributed by atoms with E-state index in [-0.39, 0.29) is 57.2 Å². The lowest BCUT2D eigenvalue weighted by Crippen LogP contribution is -2.45. The molecule has 0 fully saturated rings. The number of amides is 4. The van der Waals surface area contributed by atoms with Crippen molar-refractivity contribution in [1.82, 2.24) is 24.8 Å². The topological polar surface area (TPSA) is 229 Å². The number of rotatable bonds is 11. The predicted molar refractivity (Wildman–Crippen MR) is 280 cm³/mol. The molecular weight excluding hydrogens is 1070 g/mol. The van der Waals surface area contributed by atoms with E-state index in [9.17, 15) is 33.8 Å². The number of halogens is 5. The number of benzene rings is 7. The van der Waals surface area contributed by atoms with Crippen LogP contribution in [-0.2, 0) is 22.7 Å². The third-order valence-corrected chi connectivity index (χ3v) is 13.5. The fourth-order valence-corrected chi connectivity index (χ4v) is 9.89. The highest BCUT2D eigenvalue weighted by Crippen LogP contribution is 2.49. The first-order valence-electron chi connectivity index (χ1n) is 23.0. The Balaban J connectivity index is 0.000000179. The number of carbonyl (C=O) groups is 4. The number of nitrogens with one attached hydrogen (secondary N) is 4. The van der Waals surface area contributed by atoms with Crippen LogP contribution in [0.4, 0.5) is 46.0 Å². The molecule has 0 saturated carbocycles. The van der Waals surface area contributed by atoms with Crippen LogP contribution in [0.1, 0.15) is 48.5 Å². The van der Waals surface area contributed by atoms with E-state index in [4.69, 9.17) is 21.4 Å². The van der Waals surface area contributed by atoms with E-state index >= 15 is 8.78 Å². The quantitative estimate of drug-likeness (QED) is 0.0644. The number of H-pyrrole nitrogens is 2. The van der Waals surface area contributed by atoms with Gasteiger partial charge >= 0.3 is 12.2 Å². The van der Waals surface area contributed by atoms with Gasteiger partial charge in [-0.1, -0.05) is 100 Å². The Morgan fingerprint density at radius 3 is 2.05 bits per heavy atom. The first-order chi connectivity index (χ1) is 36.4. The minimum atomic E-state index is -2.40. The van der Waals surface area contributed by atoms with E-state index in [2.05, 4.69) is 46.5 Å². The summed E-state index contributed by atoms with van der Waals surface area (Å²) in [6.45, 7) is 1.44. The molecule has 0 bridgehead atoms. The summed E-state index contributed by atoms with van der Waals surface area (Å²) in [5.74, 6) is -4.18. The molecule has 17 nitrogen and oxygen atoms in total. The van der Waals surface area contributed by atoms with Crippen LogP contribution >= 0.6 is 27.5 Å². The third-order valence-electron chi connectivity index (χ3n) is 12.7. The fourth-order valence-electron chi connectivity index (χ4n) is 9.33. The number of carboxylic acid groups (broad SMARTS) is 1. The standard InChI is InChI=1S/C32H27ClFN5O4.C22H13BrF2N4O4/c1-38(19-20-8-3-2-4-9-20)16-17-43-31(41)37-30-35-25-15-14-21(18-26(25)36-30)32(42)23-11-6-5-10-22(23)29(40)39(32)27-13-7-12-24(33)28(27)34;23-11-2-1-3-12(9-11)29-19(30)17-13(24)5-6-14(25)18(17)22(29,33)10-4-7-15-16(8-10)27-20(26-15)28-21(31)32/h2-15,18,42H,16-17,19H2,1H3,(H2,35,36,37,41);1-9,33H,(H,31,32)(H2,26,27,28). The van der Waals surface area contributed by atoms with Gasteiger partial charge in [0, 0.05) is 45.5 Å². The molecule has 4 amide bonds. The van der Waals surface area contributed by atoms with E-state index in [1.54, 1.807) is 54.6 Å². The number of ether oxygens (including phenoxy) is 1. The van der Waals surface area contributed by atoms with Gasteiger partial charge in [0.25, 0.3) is 11.8 Å². The number of aliphatic hydroxyl groups is 2. The lowest BCUT2D eigenvalue weighted by atomic mass is 9.92. The Hall–Kier alpha value is -8.60. The zero-order valence-corrected chi connectivity index (χ0v) is 41.8. The van der Waals surface area contributed by atoms with Crippen LogP contribution in [0.5, 0.6) is 0 Å². The molecule has 0 spiro atoms. The molecule has 0 radical (unpaired) electrons. The molecular formula is C54H40BrClF3N9O8. The second-order valence-electron chi connectivity index (χ2n) is 17.6. The lowest BCUT2D eigenvalue weighted by Gasteiger charge is -2.35. The van der Waals surface area contributed by atoms with E-state index < -0.39 is 64.0 Å². The highest BCUT2D eigenvalue weighted by atomic mass is 79.9. The summed E-state index contributed by atoms with van der Waals surface area (Å²) in [4.78, 5) is 68.4. The maximum atomic E-state index is 15.2. The van der Waals surface area contributed by atoms with E-state index in [1.165, 1.54) is 48.5 Å². The Labute approximate surface area is 442 Å². The SMILES string of the molecule is CN(CCOC(=O)Nc1nc2ccc(C3(O)c4ccccc4C(=O)N3c3cccc(Cl)c3F)cc2[nH]1)Cc1ccccc1.O=C(O)Nc1nc2ccc(C3(O)c4c(F)ccc(F)c4C(=O)N3c3cccc(Br)c3)cc2[nH]1. The zero-order valence-electron chi connectivity index (χ0n) is 39.5. The second kappa shape index (κ2) is 20.3.